The van der Waals surface area contributed by atoms with E-state index < -0.39 is 0 Å². The summed E-state index contributed by atoms with van der Waals surface area (Å²) < 4.78 is 0.924. The minimum atomic E-state index is 0.547. The molecule has 1 aromatic heterocycles. The molecule has 0 aliphatic rings. The van der Waals surface area contributed by atoms with Crippen LogP contribution in [0.25, 0.3) is 22.4 Å². The first-order valence-electron chi connectivity index (χ1n) is 5.53. The molecule has 0 saturated heterocycles. The number of para-hydroxylation sites is 1. The third-order valence-electron chi connectivity index (χ3n) is 2.82. The van der Waals surface area contributed by atoms with E-state index in [4.69, 9.17) is 16.9 Å². The average molecular weight is 333 g/mol. The molecule has 0 unspecified atom stereocenters. The second-order valence-electron chi connectivity index (χ2n) is 4.02. The molecule has 0 aliphatic heterocycles. The lowest BCUT2D eigenvalue weighted by molar-refractivity contribution is 1.33. The zero-order valence-corrected chi connectivity index (χ0v) is 12.0. The first-order chi connectivity index (χ1) is 9.19. The fourth-order valence-corrected chi connectivity index (χ4v) is 2.50. The van der Waals surface area contributed by atoms with E-state index in [1.54, 1.807) is 12.1 Å². The van der Waals surface area contributed by atoms with Gasteiger partial charge in [0.2, 0.25) is 0 Å². The van der Waals surface area contributed by atoms with Gasteiger partial charge in [0.25, 0.3) is 0 Å². The van der Waals surface area contributed by atoms with Gasteiger partial charge in [-0.1, -0.05) is 33.6 Å². The Kier molecular flexibility index (Phi) is 3.02. The fraction of sp³-hybridized carbons (Fsp3) is 0. The van der Waals surface area contributed by atoms with Gasteiger partial charge in [-0.15, -0.1) is 0 Å². The minimum absolute atomic E-state index is 0.547. The number of aromatic nitrogens is 2. The number of fused-ring (bicyclic) bond motifs is 1. The molecule has 0 fully saturated rings. The number of nitriles is 1. The third-order valence-corrected chi connectivity index (χ3v) is 3.64. The fourth-order valence-electron chi connectivity index (χ4n) is 1.93. The molecule has 3 nitrogen and oxygen atoms in total. The van der Waals surface area contributed by atoms with Crippen LogP contribution in [-0.2, 0) is 0 Å². The van der Waals surface area contributed by atoms with E-state index in [2.05, 4.69) is 32.0 Å². The summed E-state index contributed by atoms with van der Waals surface area (Å²) in [6.45, 7) is 0. The third kappa shape index (κ3) is 2.12. The molecule has 19 heavy (non-hydrogen) atoms. The average Bonchev–Trinajstić information content (AvgIpc) is 2.85. The van der Waals surface area contributed by atoms with Crippen molar-refractivity contribution in [2.24, 2.45) is 0 Å². The smallest absolute Gasteiger partial charge is 0.140 e. The first-order valence-corrected chi connectivity index (χ1v) is 6.70. The molecule has 3 rings (SSSR count). The maximum atomic E-state index is 9.08. The lowest BCUT2D eigenvalue weighted by Crippen LogP contribution is -1.82. The van der Waals surface area contributed by atoms with Crippen LogP contribution in [0.2, 0.25) is 5.02 Å². The van der Waals surface area contributed by atoms with E-state index >= 15 is 0 Å². The number of aromatic amines is 1. The molecule has 0 radical (unpaired) electrons. The molecule has 0 bridgehead atoms. The Morgan fingerprint density at radius 3 is 2.89 bits per heavy atom. The lowest BCUT2D eigenvalue weighted by Gasteiger charge is -2.00. The number of hydrogen-bond donors (Lipinski definition) is 1. The highest BCUT2D eigenvalue weighted by molar-refractivity contribution is 9.10. The van der Waals surface area contributed by atoms with Gasteiger partial charge in [0.05, 0.1) is 16.1 Å². The Labute approximate surface area is 123 Å². The highest BCUT2D eigenvalue weighted by atomic mass is 79.9. The van der Waals surface area contributed by atoms with Crippen molar-refractivity contribution in [2.75, 3.05) is 0 Å². The highest BCUT2D eigenvalue weighted by Gasteiger charge is 2.11. The second-order valence-corrected chi connectivity index (χ2v) is 5.35. The molecular formula is C14H7BrClN3. The Balaban J connectivity index is 2.27. The Hall–Kier alpha value is -1.83. The molecule has 5 heteroatoms. The molecule has 1 N–H and O–H groups in total. The van der Waals surface area contributed by atoms with Crippen molar-refractivity contribution >= 4 is 38.6 Å². The van der Waals surface area contributed by atoms with Crippen molar-refractivity contribution in [3.05, 3.63) is 51.5 Å². The van der Waals surface area contributed by atoms with E-state index in [9.17, 15) is 0 Å². The first kappa shape index (κ1) is 12.2. The molecular weight excluding hydrogens is 326 g/mol. The minimum Gasteiger partial charge on any atom is -0.338 e. The molecule has 1 heterocycles. The van der Waals surface area contributed by atoms with Crippen molar-refractivity contribution in [1.29, 1.82) is 5.26 Å². The molecule has 0 amide bonds. The van der Waals surface area contributed by atoms with Gasteiger partial charge in [0.1, 0.15) is 17.4 Å². The monoisotopic (exact) mass is 331 g/mol. The van der Waals surface area contributed by atoms with Gasteiger partial charge in [0.15, 0.2) is 0 Å². The van der Waals surface area contributed by atoms with Gasteiger partial charge in [-0.05, 0) is 30.3 Å². The van der Waals surface area contributed by atoms with Crippen LogP contribution in [-0.4, -0.2) is 9.97 Å². The summed E-state index contributed by atoms with van der Waals surface area (Å²) >= 11 is 9.60. The van der Waals surface area contributed by atoms with E-state index in [0.29, 0.717) is 21.9 Å². The molecule has 92 valence electrons. The number of hydrogen-bond acceptors (Lipinski definition) is 2. The summed E-state index contributed by atoms with van der Waals surface area (Å²) in [5.41, 5.74) is 2.84. The Morgan fingerprint density at radius 2 is 2.11 bits per heavy atom. The van der Waals surface area contributed by atoms with Gasteiger partial charge in [-0.2, -0.15) is 5.26 Å². The van der Waals surface area contributed by atoms with Crippen LogP contribution in [0.1, 0.15) is 5.56 Å². The number of imidazole rings is 1. The van der Waals surface area contributed by atoms with Crippen molar-refractivity contribution in [3.63, 3.8) is 0 Å². The molecule has 0 aliphatic carbocycles. The molecule has 2 aromatic carbocycles. The van der Waals surface area contributed by atoms with Gasteiger partial charge in [-0.3, -0.25) is 0 Å². The van der Waals surface area contributed by atoms with Crippen LogP contribution in [0.4, 0.5) is 0 Å². The summed E-state index contributed by atoms with van der Waals surface area (Å²) in [7, 11) is 0. The van der Waals surface area contributed by atoms with Gasteiger partial charge < -0.3 is 4.98 Å². The summed E-state index contributed by atoms with van der Waals surface area (Å²) in [6, 6.07) is 13.2. The lowest BCUT2D eigenvalue weighted by atomic mass is 10.2. The van der Waals surface area contributed by atoms with Crippen LogP contribution in [0.3, 0.4) is 0 Å². The number of rotatable bonds is 1. The quantitative estimate of drug-likeness (QED) is 0.712. The maximum Gasteiger partial charge on any atom is 0.140 e. The second kappa shape index (κ2) is 4.69. The van der Waals surface area contributed by atoms with E-state index in [0.717, 1.165) is 15.6 Å². The van der Waals surface area contributed by atoms with E-state index in [1.807, 2.05) is 24.3 Å². The molecule has 0 saturated carbocycles. The predicted octanol–water partition coefficient (Wildman–Crippen LogP) is 4.52. The number of H-pyrrole nitrogens is 1. The van der Waals surface area contributed by atoms with E-state index in [-0.39, 0.29) is 0 Å². The van der Waals surface area contributed by atoms with Crippen LogP contribution < -0.4 is 0 Å². The summed E-state index contributed by atoms with van der Waals surface area (Å²) in [4.78, 5) is 7.66. The molecule has 3 aromatic rings. The number of nitrogens with one attached hydrogen (secondary N) is 1. The number of benzene rings is 2. The largest absolute Gasteiger partial charge is 0.338 e. The number of halogens is 2. The van der Waals surface area contributed by atoms with E-state index in [1.165, 1.54) is 0 Å². The van der Waals surface area contributed by atoms with Crippen LogP contribution >= 0.6 is 27.5 Å². The van der Waals surface area contributed by atoms with Crippen LogP contribution in [0.5, 0.6) is 0 Å². The van der Waals surface area contributed by atoms with Crippen molar-refractivity contribution < 1.29 is 0 Å². The zero-order valence-electron chi connectivity index (χ0n) is 9.61. The number of nitrogens with zero attached hydrogens (tertiary/aromatic N) is 2. The highest BCUT2D eigenvalue weighted by Crippen LogP contribution is 2.30. The van der Waals surface area contributed by atoms with Crippen LogP contribution in [0.15, 0.2) is 40.9 Å². The van der Waals surface area contributed by atoms with Crippen LogP contribution in [0, 0.1) is 11.3 Å². The SMILES string of the molecule is N#Cc1cccc2[nH]c(-c3cc(Br)ccc3Cl)nc12. The Morgan fingerprint density at radius 1 is 1.26 bits per heavy atom. The summed E-state index contributed by atoms with van der Waals surface area (Å²) in [5, 5.41) is 9.69. The summed E-state index contributed by atoms with van der Waals surface area (Å²) in [6.07, 6.45) is 0. The molecule has 0 atom stereocenters. The van der Waals surface area contributed by atoms with Gasteiger partial charge in [-0.25, -0.2) is 4.98 Å². The standard InChI is InChI=1S/C14H7BrClN3/c15-9-4-5-11(16)10(6-9)14-18-12-3-1-2-8(7-17)13(12)19-14/h1-6H,(H,18,19). The van der Waals surface area contributed by atoms with Gasteiger partial charge in [0, 0.05) is 10.0 Å². The summed E-state index contributed by atoms with van der Waals surface area (Å²) in [5.74, 6) is 0.656. The predicted molar refractivity (Wildman–Crippen MR) is 79.0 cm³/mol. The maximum absolute atomic E-state index is 9.08. The normalized spacial score (nSPS) is 10.6. The van der Waals surface area contributed by atoms with Crippen molar-refractivity contribution in [1.82, 2.24) is 9.97 Å². The topological polar surface area (TPSA) is 52.5 Å². The Bertz CT molecular complexity index is 817. The molecule has 0 spiro atoms. The van der Waals surface area contributed by atoms with Crippen molar-refractivity contribution in [3.8, 4) is 17.5 Å². The van der Waals surface area contributed by atoms with Crippen molar-refractivity contribution in [2.45, 2.75) is 0 Å². The zero-order chi connectivity index (χ0) is 13.4. The van der Waals surface area contributed by atoms with Gasteiger partial charge >= 0.3 is 0 Å².